The summed E-state index contributed by atoms with van der Waals surface area (Å²) in [5.41, 5.74) is 5.94. The van der Waals surface area contributed by atoms with Crippen LogP contribution in [0.15, 0.2) is 11.3 Å². The lowest BCUT2D eigenvalue weighted by molar-refractivity contribution is -0.122. The second kappa shape index (κ2) is 5.68. The van der Waals surface area contributed by atoms with Crippen LogP contribution in [0.1, 0.15) is 46.0 Å². The van der Waals surface area contributed by atoms with Crippen molar-refractivity contribution in [2.45, 2.75) is 52.0 Å². The Morgan fingerprint density at radius 2 is 1.69 bits per heavy atom. The molecule has 16 heavy (non-hydrogen) atoms. The summed E-state index contributed by atoms with van der Waals surface area (Å²) < 4.78 is 0. The second-order valence-corrected chi connectivity index (χ2v) is 4.42. The number of nitrogens with one attached hydrogen (secondary N) is 1. The molecule has 0 aromatic heterocycles. The molecule has 0 heterocycles. The third kappa shape index (κ3) is 3.36. The Labute approximate surface area is 96.3 Å². The number of allylic oxidation sites excluding steroid dienone is 1. The molecule has 1 rings (SSSR count). The fraction of sp³-hybridized carbons (Fsp3) is 0.667. The Hall–Kier alpha value is -1.32. The van der Waals surface area contributed by atoms with Crippen LogP contribution in [0.25, 0.3) is 0 Å². The van der Waals surface area contributed by atoms with Gasteiger partial charge < -0.3 is 11.1 Å². The highest BCUT2D eigenvalue weighted by molar-refractivity contribution is 6.18. The van der Waals surface area contributed by atoms with Crippen molar-refractivity contribution in [2.24, 2.45) is 5.73 Å². The zero-order chi connectivity index (χ0) is 12.1. The van der Waals surface area contributed by atoms with E-state index in [1.165, 1.54) is 13.3 Å². The van der Waals surface area contributed by atoms with Gasteiger partial charge in [-0.1, -0.05) is 19.3 Å². The minimum Gasteiger partial charge on any atom is -0.402 e. The number of hydrogen-bond donors (Lipinski definition) is 2. The highest BCUT2D eigenvalue weighted by Gasteiger charge is 2.21. The summed E-state index contributed by atoms with van der Waals surface area (Å²) in [6, 6.07) is 0.204. The van der Waals surface area contributed by atoms with Gasteiger partial charge in [-0.3, -0.25) is 9.59 Å². The summed E-state index contributed by atoms with van der Waals surface area (Å²) in [6.07, 6.45) is 5.52. The Balaban J connectivity index is 2.62. The summed E-state index contributed by atoms with van der Waals surface area (Å²) in [5, 5.41) is 2.88. The molecule has 0 aromatic carbocycles. The number of rotatable bonds is 3. The number of nitrogens with two attached hydrogens (primary N) is 1. The molecule has 1 fully saturated rings. The molecule has 0 saturated heterocycles. The predicted molar refractivity (Wildman–Crippen MR) is 62.6 cm³/mol. The Morgan fingerprint density at radius 3 is 2.12 bits per heavy atom. The lowest BCUT2D eigenvalue weighted by Crippen LogP contribution is -2.39. The first-order valence-electron chi connectivity index (χ1n) is 5.80. The van der Waals surface area contributed by atoms with E-state index in [9.17, 15) is 9.59 Å². The number of carbonyl (C=O) groups excluding carboxylic acids is 2. The standard InChI is InChI=1S/C12H20N2O2/c1-8(13)11(9(2)15)12(16)14-10-6-4-3-5-7-10/h10H,3-7,13H2,1-2H3,(H,14,16)/b11-8-. The van der Waals surface area contributed by atoms with Gasteiger partial charge in [0.1, 0.15) is 5.57 Å². The molecule has 1 aliphatic carbocycles. The minimum absolute atomic E-state index is 0.102. The molecule has 0 bridgehead atoms. The Morgan fingerprint density at radius 1 is 1.12 bits per heavy atom. The van der Waals surface area contributed by atoms with Crippen molar-refractivity contribution >= 4 is 11.7 Å². The van der Waals surface area contributed by atoms with Gasteiger partial charge in [-0.05, 0) is 26.7 Å². The van der Waals surface area contributed by atoms with Crippen LogP contribution < -0.4 is 11.1 Å². The van der Waals surface area contributed by atoms with Gasteiger partial charge in [0.15, 0.2) is 5.78 Å². The van der Waals surface area contributed by atoms with Crippen molar-refractivity contribution < 1.29 is 9.59 Å². The largest absolute Gasteiger partial charge is 0.402 e. The molecule has 1 saturated carbocycles. The maximum absolute atomic E-state index is 11.8. The fourth-order valence-corrected chi connectivity index (χ4v) is 2.12. The van der Waals surface area contributed by atoms with Crippen molar-refractivity contribution in [3.8, 4) is 0 Å². The highest BCUT2D eigenvalue weighted by atomic mass is 16.2. The van der Waals surface area contributed by atoms with E-state index >= 15 is 0 Å². The van der Waals surface area contributed by atoms with E-state index in [4.69, 9.17) is 5.73 Å². The molecule has 0 aromatic rings. The van der Waals surface area contributed by atoms with Crippen molar-refractivity contribution in [2.75, 3.05) is 0 Å². The van der Waals surface area contributed by atoms with Crippen molar-refractivity contribution in [3.63, 3.8) is 0 Å². The van der Waals surface area contributed by atoms with E-state index in [1.54, 1.807) is 6.92 Å². The predicted octanol–water partition coefficient (Wildman–Crippen LogP) is 1.26. The first-order chi connectivity index (χ1) is 7.52. The number of Topliss-reactive ketones (excluding diaryl/α,β-unsaturated/α-hetero) is 1. The molecule has 1 aliphatic rings. The van der Waals surface area contributed by atoms with Gasteiger partial charge in [0.25, 0.3) is 5.91 Å². The molecule has 1 amide bonds. The SMILES string of the molecule is CC(=O)/C(C(=O)NC1CCCCC1)=C(\C)N. The molecule has 3 N–H and O–H groups in total. The third-order valence-corrected chi connectivity index (χ3v) is 2.91. The van der Waals surface area contributed by atoms with Gasteiger partial charge in [-0.25, -0.2) is 0 Å². The third-order valence-electron chi connectivity index (χ3n) is 2.91. The van der Waals surface area contributed by atoms with Crippen LogP contribution in [0.2, 0.25) is 0 Å². The highest BCUT2D eigenvalue weighted by Crippen LogP contribution is 2.17. The van der Waals surface area contributed by atoms with Crippen LogP contribution in [-0.2, 0) is 9.59 Å². The molecular weight excluding hydrogens is 204 g/mol. The lowest BCUT2D eigenvalue weighted by Gasteiger charge is -2.23. The van der Waals surface area contributed by atoms with Crippen molar-refractivity contribution in [3.05, 3.63) is 11.3 Å². The monoisotopic (exact) mass is 224 g/mol. The van der Waals surface area contributed by atoms with Gasteiger partial charge in [0, 0.05) is 11.7 Å². The van der Waals surface area contributed by atoms with Gasteiger partial charge in [0.05, 0.1) is 0 Å². The smallest absolute Gasteiger partial charge is 0.256 e. The molecule has 0 spiro atoms. The average molecular weight is 224 g/mol. The molecule has 0 aliphatic heterocycles. The Kier molecular flexibility index (Phi) is 4.52. The number of amides is 1. The maximum atomic E-state index is 11.8. The van der Waals surface area contributed by atoms with Crippen LogP contribution in [0, 0.1) is 0 Å². The average Bonchev–Trinajstić information content (AvgIpc) is 2.17. The van der Waals surface area contributed by atoms with Crippen molar-refractivity contribution in [1.82, 2.24) is 5.32 Å². The molecule has 4 nitrogen and oxygen atoms in total. The maximum Gasteiger partial charge on any atom is 0.256 e. The van der Waals surface area contributed by atoms with Crippen LogP contribution in [-0.4, -0.2) is 17.7 Å². The van der Waals surface area contributed by atoms with E-state index < -0.39 is 0 Å². The van der Waals surface area contributed by atoms with Crippen LogP contribution >= 0.6 is 0 Å². The molecule has 0 unspecified atom stereocenters. The molecule has 0 radical (unpaired) electrons. The first kappa shape index (κ1) is 12.7. The summed E-state index contributed by atoms with van der Waals surface area (Å²) >= 11 is 0. The van der Waals surface area contributed by atoms with E-state index in [1.807, 2.05) is 0 Å². The lowest BCUT2D eigenvalue weighted by atomic mass is 9.95. The van der Waals surface area contributed by atoms with Crippen LogP contribution in [0.3, 0.4) is 0 Å². The number of carbonyl (C=O) groups is 2. The number of ketones is 1. The minimum atomic E-state index is -0.320. The topological polar surface area (TPSA) is 72.2 Å². The zero-order valence-corrected chi connectivity index (χ0v) is 10.0. The summed E-state index contributed by atoms with van der Waals surface area (Å²) in [4.78, 5) is 23.1. The van der Waals surface area contributed by atoms with Crippen LogP contribution in [0.5, 0.6) is 0 Å². The Bertz CT molecular complexity index is 311. The normalized spacial score (nSPS) is 18.9. The first-order valence-corrected chi connectivity index (χ1v) is 5.80. The molecular formula is C12H20N2O2. The van der Waals surface area contributed by atoms with Crippen molar-refractivity contribution in [1.29, 1.82) is 0 Å². The van der Waals surface area contributed by atoms with Gasteiger partial charge in [0.2, 0.25) is 0 Å². The summed E-state index contributed by atoms with van der Waals surface area (Å²) in [6.45, 7) is 2.95. The van der Waals surface area contributed by atoms with E-state index in [0.717, 1.165) is 25.7 Å². The quantitative estimate of drug-likeness (QED) is 0.430. The van der Waals surface area contributed by atoms with E-state index in [2.05, 4.69) is 5.32 Å². The molecule has 4 heteroatoms. The number of hydrogen-bond acceptors (Lipinski definition) is 3. The zero-order valence-electron chi connectivity index (χ0n) is 10.0. The molecule has 0 atom stereocenters. The second-order valence-electron chi connectivity index (χ2n) is 4.42. The van der Waals surface area contributed by atoms with E-state index in [0.29, 0.717) is 5.70 Å². The fourth-order valence-electron chi connectivity index (χ4n) is 2.12. The molecule has 90 valence electrons. The van der Waals surface area contributed by atoms with Crippen LogP contribution in [0.4, 0.5) is 0 Å². The summed E-state index contributed by atoms with van der Waals surface area (Å²) in [7, 11) is 0. The summed E-state index contributed by atoms with van der Waals surface area (Å²) in [5.74, 6) is -0.590. The van der Waals surface area contributed by atoms with Gasteiger partial charge >= 0.3 is 0 Å². The van der Waals surface area contributed by atoms with Gasteiger partial charge in [-0.2, -0.15) is 0 Å². The van der Waals surface area contributed by atoms with Gasteiger partial charge in [-0.15, -0.1) is 0 Å². The van der Waals surface area contributed by atoms with E-state index in [-0.39, 0.29) is 23.3 Å².